The predicted octanol–water partition coefficient (Wildman–Crippen LogP) is 1.47. The van der Waals surface area contributed by atoms with E-state index in [0.717, 1.165) is 5.69 Å². The SMILES string of the molecule is Cc1ccc(N[C]=O)cc1. The second-order valence-electron chi connectivity index (χ2n) is 2.09. The van der Waals surface area contributed by atoms with Crippen molar-refractivity contribution in [3.63, 3.8) is 0 Å². The van der Waals surface area contributed by atoms with Crippen molar-refractivity contribution in [1.29, 1.82) is 0 Å². The van der Waals surface area contributed by atoms with Gasteiger partial charge in [-0.15, -0.1) is 0 Å². The van der Waals surface area contributed by atoms with Gasteiger partial charge in [0.05, 0.1) is 0 Å². The second kappa shape index (κ2) is 3.01. The van der Waals surface area contributed by atoms with E-state index >= 15 is 0 Å². The summed E-state index contributed by atoms with van der Waals surface area (Å²) in [7, 11) is 0. The van der Waals surface area contributed by atoms with Crippen LogP contribution < -0.4 is 5.32 Å². The first-order valence-electron chi connectivity index (χ1n) is 3.03. The summed E-state index contributed by atoms with van der Waals surface area (Å²) in [5.41, 5.74) is 1.96. The van der Waals surface area contributed by atoms with Crippen LogP contribution in [0.4, 0.5) is 5.69 Å². The van der Waals surface area contributed by atoms with Crippen molar-refractivity contribution in [3.8, 4) is 0 Å². The van der Waals surface area contributed by atoms with Crippen molar-refractivity contribution in [3.05, 3.63) is 29.8 Å². The highest BCUT2D eigenvalue weighted by Crippen LogP contribution is 2.06. The van der Waals surface area contributed by atoms with E-state index in [2.05, 4.69) is 5.32 Å². The highest BCUT2D eigenvalue weighted by Gasteiger charge is 1.87. The summed E-state index contributed by atoms with van der Waals surface area (Å²) in [5.74, 6) is 0. The average molecular weight is 134 g/mol. The smallest absolute Gasteiger partial charge is 0.314 e. The summed E-state index contributed by atoms with van der Waals surface area (Å²) in [6.07, 6.45) is 1.60. The molecule has 2 nitrogen and oxygen atoms in total. The first-order valence-corrected chi connectivity index (χ1v) is 3.03. The van der Waals surface area contributed by atoms with Crippen LogP contribution in [-0.2, 0) is 4.79 Å². The van der Waals surface area contributed by atoms with Crippen LogP contribution in [0.1, 0.15) is 5.56 Å². The molecule has 1 N–H and O–H groups in total. The zero-order valence-electron chi connectivity index (χ0n) is 5.72. The molecule has 0 heterocycles. The molecule has 51 valence electrons. The molecule has 0 aromatic heterocycles. The van der Waals surface area contributed by atoms with E-state index in [9.17, 15) is 4.79 Å². The molecule has 1 aromatic carbocycles. The van der Waals surface area contributed by atoms with Gasteiger partial charge in [-0.2, -0.15) is 0 Å². The van der Waals surface area contributed by atoms with Crippen LogP contribution >= 0.6 is 0 Å². The fraction of sp³-hybridized carbons (Fsp3) is 0.125. The lowest BCUT2D eigenvalue weighted by atomic mass is 10.2. The van der Waals surface area contributed by atoms with Gasteiger partial charge in [-0.3, -0.25) is 4.79 Å². The molecule has 0 saturated heterocycles. The number of hydrogen-bond donors (Lipinski definition) is 1. The lowest BCUT2D eigenvalue weighted by molar-refractivity contribution is 0.561. The third kappa shape index (κ3) is 1.58. The summed E-state index contributed by atoms with van der Waals surface area (Å²) in [5, 5.41) is 2.43. The van der Waals surface area contributed by atoms with Crippen molar-refractivity contribution >= 4 is 12.1 Å². The molecule has 1 amide bonds. The minimum atomic E-state index is 0.778. The maximum atomic E-state index is 9.82. The molecule has 0 saturated carbocycles. The Morgan fingerprint density at radius 1 is 1.30 bits per heavy atom. The molecule has 0 aliphatic rings. The van der Waals surface area contributed by atoms with Crippen molar-refractivity contribution in [2.45, 2.75) is 6.92 Å². The van der Waals surface area contributed by atoms with Gasteiger partial charge in [0.1, 0.15) is 0 Å². The molecular weight excluding hydrogens is 126 g/mol. The van der Waals surface area contributed by atoms with E-state index in [4.69, 9.17) is 0 Å². The van der Waals surface area contributed by atoms with Gasteiger partial charge in [0, 0.05) is 5.69 Å². The zero-order chi connectivity index (χ0) is 7.40. The Bertz CT molecular complexity index is 215. The third-order valence-electron chi connectivity index (χ3n) is 1.25. The van der Waals surface area contributed by atoms with E-state index in [1.54, 1.807) is 6.41 Å². The van der Waals surface area contributed by atoms with Crippen LogP contribution in [0.5, 0.6) is 0 Å². The predicted molar refractivity (Wildman–Crippen MR) is 40.5 cm³/mol. The van der Waals surface area contributed by atoms with Crippen LogP contribution in [0.3, 0.4) is 0 Å². The molecule has 1 aromatic rings. The van der Waals surface area contributed by atoms with Gasteiger partial charge in [-0.1, -0.05) is 17.7 Å². The summed E-state index contributed by atoms with van der Waals surface area (Å²) in [4.78, 5) is 9.82. The van der Waals surface area contributed by atoms with Gasteiger partial charge in [0.2, 0.25) is 0 Å². The fourth-order valence-corrected chi connectivity index (χ4v) is 0.696. The molecule has 1 radical (unpaired) electrons. The Labute approximate surface area is 59.9 Å². The zero-order valence-corrected chi connectivity index (χ0v) is 5.72. The molecule has 2 heteroatoms. The van der Waals surface area contributed by atoms with Crippen LogP contribution in [-0.4, -0.2) is 6.41 Å². The van der Waals surface area contributed by atoms with Crippen LogP contribution in [0.25, 0.3) is 0 Å². The molecule has 1 rings (SSSR count). The topological polar surface area (TPSA) is 29.1 Å². The van der Waals surface area contributed by atoms with E-state index in [-0.39, 0.29) is 0 Å². The number of anilines is 1. The number of hydrogen-bond acceptors (Lipinski definition) is 1. The Hall–Kier alpha value is -1.31. The Kier molecular flexibility index (Phi) is 2.05. The molecule has 0 bridgehead atoms. The Morgan fingerprint density at radius 2 is 1.90 bits per heavy atom. The lowest BCUT2D eigenvalue weighted by Crippen LogP contribution is -1.92. The van der Waals surface area contributed by atoms with Crippen molar-refractivity contribution in [2.24, 2.45) is 0 Å². The van der Waals surface area contributed by atoms with Crippen LogP contribution in [0.2, 0.25) is 0 Å². The maximum absolute atomic E-state index is 9.82. The van der Waals surface area contributed by atoms with Gasteiger partial charge in [0.25, 0.3) is 0 Å². The average Bonchev–Trinajstić information content (AvgIpc) is 1.95. The van der Waals surface area contributed by atoms with Crippen molar-refractivity contribution < 1.29 is 4.79 Å². The highest BCUT2D eigenvalue weighted by molar-refractivity contribution is 5.71. The minimum absolute atomic E-state index is 0.778. The minimum Gasteiger partial charge on any atom is -0.318 e. The molecule has 0 fully saturated rings. The maximum Gasteiger partial charge on any atom is 0.314 e. The lowest BCUT2D eigenvalue weighted by Gasteiger charge is -1.95. The first-order chi connectivity index (χ1) is 4.83. The largest absolute Gasteiger partial charge is 0.318 e. The number of aryl methyl sites for hydroxylation is 1. The standard InChI is InChI=1S/C8H8NO/c1-7-2-4-8(5-3-7)9-6-10/h2-5H,1H3,(H,9,10). The molecule has 0 unspecified atom stereocenters. The Morgan fingerprint density at radius 3 is 2.40 bits per heavy atom. The fourth-order valence-electron chi connectivity index (χ4n) is 0.696. The van der Waals surface area contributed by atoms with Crippen molar-refractivity contribution in [1.82, 2.24) is 0 Å². The number of benzene rings is 1. The van der Waals surface area contributed by atoms with E-state index in [0.29, 0.717) is 0 Å². The van der Waals surface area contributed by atoms with Gasteiger partial charge < -0.3 is 5.32 Å². The summed E-state index contributed by atoms with van der Waals surface area (Å²) >= 11 is 0. The van der Waals surface area contributed by atoms with Gasteiger partial charge in [-0.25, -0.2) is 0 Å². The number of nitrogens with one attached hydrogen (secondary N) is 1. The molecule has 0 aliphatic heterocycles. The van der Waals surface area contributed by atoms with Gasteiger partial charge in [0.15, 0.2) is 0 Å². The number of carbonyl (C=O) groups excluding carboxylic acids is 1. The summed E-state index contributed by atoms with van der Waals surface area (Å²) in [6, 6.07) is 7.53. The summed E-state index contributed by atoms with van der Waals surface area (Å²) < 4.78 is 0. The van der Waals surface area contributed by atoms with E-state index in [1.807, 2.05) is 31.2 Å². The molecule has 0 aliphatic carbocycles. The monoisotopic (exact) mass is 134 g/mol. The van der Waals surface area contributed by atoms with E-state index < -0.39 is 0 Å². The normalized spacial score (nSPS) is 8.90. The quantitative estimate of drug-likeness (QED) is 0.610. The van der Waals surface area contributed by atoms with Gasteiger partial charge in [-0.05, 0) is 19.1 Å². The van der Waals surface area contributed by atoms with Crippen molar-refractivity contribution in [2.75, 3.05) is 5.32 Å². The molecule has 10 heavy (non-hydrogen) atoms. The van der Waals surface area contributed by atoms with E-state index in [1.165, 1.54) is 5.56 Å². The van der Waals surface area contributed by atoms with Gasteiger partial charge >= 0.3 is 6.41 Å². The molecule has 0 spiro atoms. The Balaban J connectivity index is 2.78. The molecular formula is C8H8NO. The summed E-state index contributed by atoms with van der Waals surface area (Å²) in [6.45, 7) is 1.99. The highest BCUT2D eigenvalue weighted by atomic mass is 16.1. The first kappa shape index (κ1) is 6.81. The third-order valence-corrected chi connectivity index (χ3v) is 1.25. The molecule has 0 atom stereocenters. The number of amides is 1. The second-order valence-corrected chi connectivity index (χ2v) is 2.09. The van der Waals surface area contributed by atoms with Crippen LogP contribution in [0.15, 0.2) is 24.3 Å². The van der Waals surface area contributed by atoms with Crippen LogP contribution in [0, 0.1) is 6.92 Å². The number of rotatable bonds is 2.